The van der Waals surface area contributed by atoms with Gasteiger partial charge in [-0.3, -0.25) is 4.79 Å². The molecule has 0 amide bonds. The Morgan fingerprint density at radius 1 is 1.00 bits per heavy atom. The normalized spacial score (nSPS) is 18.6. The van der Waals surface area contributed by atoms with E-state index < -0.39 is 8.32 Å². The van der Waals surface area contributed by atoms with Crippen molar-refractivity contribution in [1.82, 2.24) is 0 Å². The van der Waals surface area contributed by atoms with Crippen LogP contribution in [0.2, 0.25) is 18.1 Å². The first kappa shape index (κ1) is 21.7. The van der Waals surface area contributed by atoms with Crippen LogP contribution < -0.4 is 0 Å². The van der Waals surface area contributed by atoms with Crippen LogP contribution in [0.25, 0.3) is 0 Å². The molecule has 0 fully saturated rings. The van der Waals surface area contributed by atoms with Gasteiger partial charge in [0, 0.05) is 12.0 Å². The second-order valence-electron chi connectivity index (χ2n) is 9.25. The Morgan fingerprint density at radius 2 is 1.59 bits per heavy atom. The number of rotatable bonds is 7. The lowest BCUT2D eigenvalue weighted by atomic mass is 10.00. The fraction of sp³-hybridized carbons (Fsp3) is 0.400. The molecule has 0 heterocycles. The van der Waals surface area contributed by atoms with Gasteiger partial charge >= 0.3 is 0 Å². The van der Waals surface area contributed by atoms with Crippen molar-refractivity contribution in [1.29, 1.82) is 0 Å². The van der Waals surface area contributed by atoms with Crippen LogP contribution in [0.15, 0.2) is 72.3 Å². The van der Waals surface area contributed by atoms with E-state index in [4.69, 9.17) is 9.16 Å². The average Bonchev–Trinajstić information content (AvgIpc) is 3.02. The second kappa shape index (κ2) is 8.78. The molecule has 4 heteroatoms. The molecule has 154 valence electrons. The van der Waals surface area contributed by atoms with Crippen molar-refractivity contribution in [3.8, 4) is 0 Å². The molecule has 0 saturated carbocycles. The summed E-state index contributed by atoms with van der Waals surface area (Å²) in [6, 6.07) is 20.0. The number of carbonyl (C=O) groups excluding carboxylic acids is 1. The minimum Gasteiger partial charge on any atom is -0.410 e. The lowest BCUT2D eigenvalue weighted by molar-refractivity contribution is -0.117. The zero-order chi connectivity index (χ0) is 21.1. The summed E-state index contributed by atoms with van der Waals surface area (Å²) in [4.78, 5) is 12.9. The Bertz CT molecular complexity index is 851. The Hall–Kier alpha value is -2.01. The van der Waals surface area contributed by atoms with Crippen LogP contribution in [0, 0.1) is 0 Å². The second-order valence-corrected chi connectivity index (χ2v) is 14.0. The van der Waals surface area contributed by atoms with Gasteiger partial charge in [-0.25, -0.2) is 0 Å². The minimum atomic E-state index is -1.95. The molecular weight excluding hydrogens is 376 g/mol. The molecule has 2 aromatic rings. The smallest absolute Gasteiger partial charge is 0.192 e. The average molecular weight is 409 g/mol. The van der Waals surface area contributed by atoms with Crippen LogP contribution in [-0.2, 0) is 20.6 Å². The molecule has 0 radical (unpaired) electrons. The first-order valence-electron chi connectivity index (χ1n) is 10.3. The molecule has 0 aromatic heterocycles. The lowest BCUT2D eigenvalue weighted by Gasteiger charge is -2.37. The molecular formula is C25H32O3Si. The lowest BCUT2D eigenvalue weighted by Crippen LogP contribution is -2.43. The number of benzene rings is 2. The third-order valence-electron chi connectivity index (χ3n) is 5.97. The van der Waals surface area contributed by atoms with E-state index in [0.717, 1.165) is 16.7 Å². The van der Waals surface area contributed by atoms with Crippen molar-refractivity contribution < 1.29 is 14.0 Å². The maximum absolute atomic E-state index is 12.9. The number of hydrogen-bond acceptors (Lipinski definition) is 3. The summed E-state index contributed by atoms with van der Waals surface area (Å²) in [5.74, 6) is 0.121. The Balaban J connectivity index is 1.83. The molecule has 3 rings (SSSR count). The van der Waals surface area contributed by atoms with Gasteiger partial charge in [-0.2, -0.15) is 0 Å². The van der Waals surface area contributed by atoms with E-state index in [9.17, 15) is 4.79 Å². The summed E-state index contributed by atoms with van der Waals surface area (Å²) in [6.07, 6.45) is 1.87. The Kier molecular flexibility index (Phi) is 6.57. The third kappa shape index (κ3) is 5.33. The maximum atomic E-state index is 12.9. The summed E-state index contributed by atoms with van der Waals surface area (Å²) in [5, 5.41) is 0.106. The van der Waals surface area contributed by atoms with Crippen LogP contribution >= 0.6 is 0 Å². The fourth-order valence-electron chi connectivity index (χ4n) is 3.26. The van der Waals surface area contributed by atoms with Crippen molar-refractivity contribution >= 4 is 14.1 Å². The van der Waals surface area contributed by atoms with Gasteiger partial charge in [0.25, 0.3) is 0 Å². The van der Waals surface area contributed by atoms with Gasteiger partial charge in [0.1, 0.15) is 6.10 Å². The van der Waals surface area contributed by atoms with E-state index in [1.807, 2.05) is 66.7 Å². The molecule has 3 nitrogen and oxygen atoms in total. The summed E-state index contributed by atoms with van der Waals surface area (Å²) >= 11 is 0. The van der Waals surface area contributed by atoms with Crippen molar-refractivity contribution in [2.75, 3.05) is 0 Å². The molecule has 29 heavy (non-hydrogen) atoms. The van der Waals surface area contributed by atoms with E-state index in [1.165, 1.54) is 0 Å². The summed E-state index contributed by atoms with van der Waals surface area (Å²) < 4.78 is 12.8. The molecule has 2 aromatic carbocycles. The van der Waals surface area contributed by atoms with E-state index in [2.05, 4.69) is 33.9 Å². The van der Waals surface area contributed by atoms with Gasteiger partial charge in [0.05, 0.1) is 12.7 Å². The van der Waals surface area contributed by atoms with Crippen molar-refractivity contribution in [3.63, 3.8) is 0 Å². The SMILES string of the molecule is CC(C)(C)[Si](C)(C)OC1C=C(C(OCc2ccccc2)c2ccccc2)C(=O)C1. The van der Waals surface area contributed by atoms with Crippen LogP contribution in [0.4, 0.5) is 0 Å². The monoisotopic (exact) mass is 408 g/mol. The number of Topliss-reactive ketones (excluding diaryl/α,β-unsaturated/α-hetero) is 1. The van der Waals surface area contributed by atoms with Crippen molar-refractivity contribution in [2.45, 2.75) is 64.1 Å². The quantitative estimate of drug-likeness (QED) is 0.509. The van der Waals surface area contributed by atoms with Gasteiger partial charge in [-0.15, -0.1) is 0 Å². The van der Waals surface area contributed by atoms with Gasteiger partial charge in [-0.1, -0.05) is 81.4 Å². The molecule has 0 aliphatic heterocycles. The largest absolute Gasteiger partial charge is 0.410 e. The van der Waals surface area contributed by atoms with Gasteiger partial charge in [0.15, 0.2) is 14.1 Å². The van der Waals surface area contributed by atoms with Crippen LogP contribution in [0.3, 0.4) is 0 Å². The molecule has 1 aliphatic rings. The Morgan fingerprint density at radius 3 is 2.17 bits per heavy atom. The van der Waals surface area contributed by atoms with E-state index >= 15 is 0 Å². The number of ether oxygens (including phenoxy) is 1. The number of hydrogen-bond donors (Lipinski definition) is 0. The van der Waals surface area contributed by atoms with Crippen LogP contribution in [0.5, 0.6) is 0 Å². The Labute approximate surface area is 175 Å². The predicted octanol–water partition coefficient (Wildman–Crippen LogP) is 6.23. The summed E-state index contributed by atoms with van der Waals surface area (Å²) in [6.45, 7) is 11.6. The van der Waals surface area contributed by atoms with E-state index in [1.54, 1.807) is 0 Å². The highest BCUT2D eigenvalue weighted by Gasteiger charge is 2.41. The molecule has 0 N–H and O–H groups in total. The van der Waals surface area contributed by atoms with Crippen LogP contribution in [0.1, 0.15) is 44.4 Å². The van der Waals surface area contributed by atoms with E-state index in [-0.39, 0.29) is 23.0 Å². The topological polar surface area (TPSA) is 35.5 Å². The number of carbonyl (C=O) groups is 1. The minimum absolute atomic E-state index is 0.106. The fourth-order valence-corrected chi connectivity index (χ4v) is 4.53. The highest BCUT2D eigenvalue weighted by atomic mass is 28.4. The molecule has 0 saturated heterocycles. The number of ketones is 1. The predicted molar refractivity (Wildman–Crippen MR) is 120 cm³/mol. The molecule has 0 spiro atoms. The highest BCUT2D eigenvalue weighted by molar-refractivity contribution is 6.74. The highest BCUT2D eigenvalue weighted by Crippen LogP contribution is 2.40. The molecule has 1 aliphatic carbocycles. The third-order valence-corrected chi connectivity index (χ3v) is 10.5. The molecule has 2 atom stereocenters. The van der Waals surface area contributed by atoms with Crippen LogP contribution in [-0.4, -0.2) is 20.2 Å². The van der Waals surface area contributed by atoms with Crippen molar-refractivity contribution in [3.05, 3.63) is 83.4 Å². The maximum Gasteiger partial charge on any atom is 0.192 e. The standard InChI is InChI=1S/C25H32O3Si/c1-25(2,3)29(4,5)28-21-16-22(23(26)17-21)24(20-14-10-7-11-15-20)27-18-19-12-8-6-9-13-19/h6-16,21,24H,17-18H2,1-5H3. The molecule has 2 unspecified atom stereocenters. The summed E-state index contributed by atoms with van der Waals surface area (Å²) in [5.41, 5.74) is 2.81. The zero-order valence-corrected chi connectivity index (χ0v) is 19.1. The molecule has 0 bridgehead atoms. The summed E-state index contributed by atoms with van der Waals surface area (Å²) in [7, 11) is -1.95. The zero-order valence-electron chi connectivity index (χ0n) is 18.1. The first-order valence-corrected chi connectivity index (χ1v) is 13.2. The van der Waals surface area contributed by atoms with Crippen molar-refractivity contribution in [2.24, 2.45) is 0 Å². The first-order chi connectivity index (χ1) is 13.7. The van der Waals surface area contributed by atoms with Gasteiger partial charge < -0.3 is 9.16 Å². The van der Waals surface area contributed by atoms with E-state index in [0.29, 0.717) is 13.0 Å². The van der Waals surface area contributed by atoms with Gasteiger partial charge in [0.2, 0.25) is 0 Å². The van der Waals surface area contributed by atoms with Gasteiger partial charge in [-0.05, 0) is 35.3 Å².